The number of nitrogens with zero attached hydrogens (tertiary/aromatic N) is 1. The Morgan fingerprint density at radius 1 is 1.70 bits per heavy atom. The van der Waals surface area contributed by atoms with Crippen LogP contribution in [0.5, 0.6) is 0 Å². The Kier molecular flexibility index (Phi) is 1.08. The molecule has 0 atom stereocenters. The molecule has 0 unspecified atom stereocenters. The van der Waals surface area contributed by atoms with Crippen molar-refractivity contribution in [2.45, 2.75) is 18.4 Å². The highest BCUT2D eigenvalue weighted by atomic mass is 16.3. The number of hydrogen-bond donors (Lipinski definition) is 1. The molecule has 0 saturated heterocycles. The summed E-state index contributed by atoms with van der Waals surface area (Å²) in [4.78, 5) is 4.09. The van der Waals surface area contributed by atoms with Gasteiger partial charge in [-0.05, 0) is 19.9 Å². The standard InChI is InChI=1S/C7H10N2O/c1-8-7(2-3-7)6-4-10-5-9-6/h4-5,8H,2-3H2,1H3. The van der Waals surface area contributed by atoms with E-state index in [1.165, 1.54) is 19.2 Å². The molecule has 54 valence electrons. The first-order chi connectivity index (χ1) is 4.87. The van der Waals surface area contributed by atoms with Gasteiger partial charge < -0.3 is 9.73 Å². The van der Waals surface area contributed by atoms with Crippen molar-refractivity contribution < 1.29 is 4.42 Å². The van der Waals surface area contributed by atoms with Crippen molar-refractivity contribution in [1.82, 2.24) is 10.3 Å². The number of rotatable bonds is 2. The molecule has 1 aliphatic rings. The molecule has 0 aromatic carbocycles. The van der Waals surface area contributed by atoms with Crippen molar-refractivity contribution in [1.29, 1.82) is 0 Å². The molecule has 1 aliphatic carbocycles. The highest BCUT2D eigenvalue weighted by molar-refractivity contribution is 5.18. The van der Waals surface area contributed by atoms with Gasteiger partial charge in [0.2, 0.25) is 0 Å². The van der Waals surface area contributed by atoms with Gasteiger partial charge in [0.1, 0.15) is 6.26 Å². The van der Waals surface area contributed by atoms with Crippen molar-refractivity contribution in [2.75, 3.05) is 7.05 Å². The highest BCUT2D eigenvalue weighted by Crippen LogP contribution is 2.43. The van der Waals surface area contributed by atoms with Crippen LogP contribution in [0.1, 0.15) is 18.5 Å². The molecule has 1 saturated carbocycles. The van der Waals surface area contributed by atoms with Crippen LogP contribution in [0.25, 0.3) is 0 Å². The average Bonchev–Trinajstić information content (AvgIpc) is 2.58. The maximum absolute atomic E-state index is 4.89. The summed E-state index contributed by atoms with van der Waals surface area (Å²) < 4.78 is 4.89. The lowest BCUT2D eigenvalue weighted by Crippen LogP contribution is -2.24. The van der Waals surface area contributed by atoms with E-state index in [1.54, 1.807) is 6.26 Å². The van der Waals surface area contributed by atoms with Crippen LogP contribution < -0.4 is 5.32 Å². The molecule has 0 radical (unpaired) electrons. The Balaban J connectivity index is 2.27. The molecule has 0 aliphatic heterocycles. The lowest BCUT2D eigenvalue weighted by molar-refractivity contribution is 0.538. The number of oxazole rings is 1. The van der Waals surface area contributed by atoms with E-state index < -0.39 is 0 Å². The minimum Gasteiger partial charge on any atom is -0.451 e. The minimum absolute atomic E-state index is 0.160. The van der Waals surface area contributed by atoms with E-state index in [1.807, 2.05) is 7.05 Å². The fourth-order valence-corrected chi connectivity index (χ4v) is 1.21. The summed E-state index contributed by atoms with van der Waals surface area (Å²) in [5.41, 5.74) is 1.20. The van der Waals surface area contributed by atoms with Crippen molar-refractivity contribution in [3.63, 3.8) is 0 Å². The molecule has 1 aromatic heterocycles. The number of hydrogen-bond acceptors (Lipinski definition) is 3. The normalized spacial score (nSPS) is 20.9. The predicted molar refractivity (Wildman–Crippen MR) is 36.5 cm³/mol. The van der Waals surface area contributed by atoms with Crippen LogP contribution in [0.4, 0.5) is 0 Å². The Morgan fingerprint density at radius 3 is 2.90 bits per heavy atom. The van der Waals surface area contributed by atoms with Gasteiger partial charge in [-0.2, -0.15) is 0 Å². The van der Waals surface area contributed by atoms with Gasteiger partial charge in [-0.15, -0.1) is 0 Å². The zero-order valence-electron chi connectivity index (χ0n) is 5.92. The van der Waals surface area contributed by atoms with Gasteiger partial charge >= 0.3 is 0 Å². The molecule has 10 heavy (non-hydrogen) atoms. The van der Waals surface area contributed by atoms with Gasteiger partial charge in [0.25, 0.3) is 0 Å². The molecule has 3 heteroatoms. The van der Waals surface area contributed by atoms with Crippen LogP contribution in [-0.2, 0) is 5.54 Å². The summed E-state index contributed by atoms with van der Waals surface area (Å²) in [5.74, 6) is 0. The minimum atomic E-state index is 0.160. The van der Waals surface area contributed by atoms with Gasteiger partial charge in [-0.25, -0.2) is 4.98 Å². The maximum atomic E-state index is 4.89. The van der Waals surface area contributed by atoms with Crippen molar-refractivity contribution >= 4 is 0 Å². The third-order valence-electron chi connectivity index (χ3n) is 2.15. The molecule has 0 spiro atoms. The lowest BCUT2D eigenvalue weighted by Gasteiger charge is -2.07. The second kappa shape index (κ2) is 1.83. The molecular weight excluding hydrogens is 128 g/mol. The van der Waals surface area contributed by atoms with Gasteiger partial charge in [0, 0.05) is 0 Å². The van der Waals surface area contributed by atoms with E-state index in [-0.39, 0.29) is 5.54 Å². The molecule has 1 heterocycles. The molecule has 0 amide bonds. The lowest BCUT2D eigenvalue weighted by atomic mass is 10.2. The van der Waals surface area contributed by atoms with Gasteiger partial charge in [0.05, 0.1) is 11.2 Å². The van der Waals surface area contributed by atoms with E-state index in [0.717, 1.165) is 5.69 Å². The predicted octanol–water partition coefficient (Wildman–Crippen LogP) is 0.883. The third kappa shape index (κ3) is 0.671. The summed E-state index contributed by atoms with van der Waals surface area (Å²) in [6, 6.07) is 0. The van der Waals surface area contributed by atoms with Crippen molar-refractivity contribution in [2.24, 2.45) is 0 Å². The quantitative estimate of drug-likeness (QED) is 0.659. The van der Waals surface area contributed by atoms with Gasteiger partial charge in [-0.3, -0.25) is 0 Å². The number of aromatic nitrogens is 1. The van der Waals surface area contributed by atoms with Crippen LogP contribution in [-0.4, -0.2) is 12.0 Å². The first kappa shape index (κ1) is 5.92. The van der Waals surface area contributed by atoms with E-state index in [4.69, 9.17) is 4.42 Å². The average molecular weight is 138 g/mol. The summed E-state index contributed by atoms with van der Waals surface area (Å²) in [6.45, 7) is 0. The molecule has 0 bridgehead atoms. The maximum Gasteiger partial charge on any atom is 0.180 e. The topological polar surface area (TPSA) is 38.1 Å². The van der Waals surface area contributed by atoms with E-state index >= 15 is 0 Å². The Bertz CT molecular complexity index is 214. The molecule has 1 fully saturated rings. The smallest absolute Gasteiger partial charge is 0.180 e. The summed E-state index contributed by atoms with van der Waals surface area (Å²) in [6.07, 6.45) is 5.54. The molecule has 1 N–H and O–H groups in total. The van der Waals surface area contributed by atoms with Gasteiger partial charge in [-0.1, -0.05) is 0 Å². The van der Waals surface area contributed by atoms with Crippen LogP contribution >= 0.6 is 0 Å². The molecular formula is C7H10N2O. The number of nitrogens with one attached hydrogen (secondary N) is 1. The first-order valence-corrected chi connectivity index (χ1v) is 3.45. The molecule has 1 aromatic rings. The van der Waals surface area contributed by atoms with Crippen LogP contribution in [0, 0.1) is 0 Å². The van der Waals surface area contributed by atoms with Gasteiger partial charge in [0.15, 0.2) is 6.39 Å². The van der Waals surface area contributed by atoms with Crippen LogP contribution in [0.15, 0.2) is 17.1 Å². The van der Waals surface area contributed by atoms with Crippen molar-refractivity contribution in [3.8, 4) is 0 Å². The highest BCUT2D eigenvalue weighted by Gasteiger charge is 2.44. The Labute approximate surface area is 59.4 Å². The summed E-state index contributed by atoms with van der Waals surface area (Å²) in [5, 5.41) is 3.23. The fraction of sp³-hybridized carbons (Fsp3) is 0.571. The van der Waals surface area contributed by atoms with Crippen LogP contribution in [0.3, 0.4) is 0 Å². The largest absolute Gasteiger partial charge is 0.451 e. The van der Waals surface area contributed by atoms with E-state index in [9.17, 15) is 0 Å². The third-order valence-corrected chi connectivity index (χ3v) is 2.15. The summed E-state index contributed by atoms with van der Waals surface area (Å²) >= 11 is 0. The van der Waals surface area contributed by atoms with Crippen molar-refractivity contribution in [3.05, 3.63) is 18.4 Å². The fourth-order valence-electron chi connectivity index (χ4n) is 1.21. The monoisotopic (exact) mass is 138 g/mol. The molecule has 3 nitrogen and oxygen atoms in total. The first-order valence-electron chi connectivity index (χ1n) is 3.45. The Morgan fingerprint density at radius 2 is 2.50 bits per heavy atom. The second-order valence-electron chi connectivity index (χ2n) is 2.71. The molecule has 2 rings (SSSR count). The van der Waals surface area contributed by atoms with Crippen LogP contribution in [0.2, 0.25) is 0 Å². The SMILES string of the molecule is CNC1(c2cocn2)CC1. The Hall–Kier alpha value is -0.830. The van der Waals surface area contributed by atoms with E-state index in [2.05, 4.69) is 10.3 Å². The second-order valence-corrected chi connectivity index (χ2v) is 2.71. The van der Waals surface area contributed by atoms with E-state index in [0.29, 0.717) is 0 Å². The zero-order chi connectivity index (χ0) is 7.03. The zero-order valence-corrected chi connectivity index (χ0v) is 5.92. The summed E-state index contributed by atoms with van der Waals surface area (Å²) in [7, 11) is 1.96.